The maximum Gasteiger partial charge on any atom is -0.00201 e. The quantitative estimate of drug-likeness (QED) is 0.848. The van der Waals surface area contributed by atoms with E-state index in [0.717, 1.165) is 30.8 Å². The Hall–Kier alpha value is -1.34. The zero-order chi connectivity index (χ0) is 14.1. The predicted octanol–water partition coefficient (Wildman–Crippen LogP) is 4.43. The summed E-state index contributed by atoms with van der Waals surface area (Å²) in [7, 11) is 0. The maximum atomic E-state index is 3.56. The zero-order valence-corrected chi connectivity index (χ0v) is 12.8. The molecule has 3 unspecified atom stereocenters. The maximum absolute atomic E-state index is 3.56. The third-order valence-electron chi connectivity index (χ3n) is 5.14. The van der Waals surface area contributed by atoms with Gasteiger partial charge in [-0.1, -0.05) is 63.2 Å². The summed E-state index contributed by atoms with van der Waals surface area (Å²) in [6.07, 6.45) is 0. The summed E-state index contributed by atoms with van der Waals surface area (Å²) in [6.45, 7) is 9.53. The van der Waals surface area contributed by atoms with Gasteiger partial charge < -0.3 is 5.32 Å². The smallest absolute Gasteiger partial charge is 0.00201 e. The molecule has 1 nitrogen and oxygen atoms in total. The second kappa shape index (κ2) is 5.57. The van der Waals surface area contributed by atoms with Crippen LogP contribution in [0.15, 0.2) is 42.5 Å². The average Bonchev–Trinajstić information content (AvgIpc) is 2.46. The molecule has 0 amide bonds. The molecule has 0 aliphatic carbocycles. The molecule has 1 saturated heterocycles. The van der Waals surface area contributed by atoms with Crippen LogP contribution in [0.3, 0.4) is 0 Å². The first-order valence-corrected chi connectivity index (χ1v) is 7.87. The topological polar surface area (TPSA) is 12.0 Å². The first-order valence-electron chi connectivity index (χ1n) is 7.87. The third kappa shape index (κ3) is 2.35. The largest absolute Gasteiger partial charge is 0.316 e. The van der Waals surface area contributed by atoms with Gasteiger partial charge in [0.2, 0.25) is 0 Å². The van der Waals surface area contributed by atoms with Crippen LogP contribution in [0.2, 0.25) is 0 Å². The molecule has 2 aromatic rings. The molecule has 0 spiro atoms. The van der Waals surface area contributed by atoms with Gasteiger partial charge in [0.1, 0.15) is 0 Å². The summed E-state index contributed by atoms with van der Waals surface area (Å²) in [5, 5.41) is 6.36. The van der Waals surface area contributed by atoms with E-state index in [1.54, 1.807) is 0 Å². The van der Waals surface area contributed by atoms with Gasteiger partial charge in [0.15, 0.2) is 0 Å². The van der Waals surface area contributed by atoms with Crippen molar-refractivity contribution in [3.8, 4) is 0 Å². The molecule has 0 radical (unpaired) electrons. The van der Waals surface area contributed by atoms with Gasteiger partial charge in [0, 0.05) is 0 Å². The van der Waals surface area contributed by atoms with Crippen LogP contribution in [-0.4, -0.2) is 13.1 Å². The number of benzene rings is 2. The highest BCUT2D eigenvalue weighted by atomic mass is 14.9. The van der Waals surface area contributed by atoms with E-state index >= 15 is 0 Å². The monoisotopic (exact) mass is 267 g/mol. The Morgan fingerprint density at radius 1 is 0.950 bits per heavy atom. The fourth-order valence-corrected chi connectivity index (χ4v) is 4.21. The summed E-state index contributed by atoms with van der Waals surface area (Å²) in [4.78, 5) is 0. The molecule has 0 bridgehead atoms. The molecule has 106 valence electrons. The molecule has 0 saturated carbocycles. The molecule has 1 aliphatic rings. The van der Waals surface area contributed by atoms with Crippen molar-refractivity contribution in [1.29, 1.82) is 0 Å². The molecule has 1 N–H and O–H groups in total. The van der Waals surface area contributed by atoms with Gasteiger partial charge in [0.05, 0.1) is 0 Å². The highest BCUT2D eigenvalue weighted by molar-refractivity contribution is 5.86. The van der Waals surface area contributed by atoms with Gasteiger partial charge in [-0.15, -0.1) is 0 Å². The van der Waals surface area contributed by atoms with E-state index in [1.165, 1.54) is 16.3 Å². The van der Waals surface area contributed by atoms with Crippen LogP contribution in [0.1, 0.15) is 32.3 Å². The van der Waals surface area contributed by atoms with E-state index in [0.29, 0.717) is 5.92 Å². The lowest BCUT2D eigenvalue weighted by atomic mass is 9.70. The lowest BCUT2D eigenvalue weighted by molar-refractivity contribution is 0.169. The van der Waals surface area contributed by atoms with Crippen LogP contribution in [0.4, 0.5) is 0 Å². The molecule has 0 aromatic heterocycles. The van der Waals surface area contributed by atoms with Gasteiger partial charge >= 0.3 is 0 Å². The van der Waals surface area contributed by atoms with Crippen molar-refractivity contribution in [2.45, 2.75) is 26.7 Å². The minimum atomic E-state index is 0.619. The molecule has 1 heteroatoms. The lowest BCUT2D eigenvalue weighted by Crippen LogP contribution is -2.43. The van der Waals surface area contributed by atoms with Crippen molar-refractivity contribution in [2.75, 3.05) is 13.1 Å². The molecule has 1 fully saturated rings. The van der Waals surface area contributed by atoms with E-state index in [-0.39, 0.29) is 0 Å². The molecule has 3 atom stereocenters. The molecule has 1 heterocycles. The Balaban J connectivity index is 2.01. The van der Waals surface area contributed by atoms with Gasteiger partial charge in [-0.2, -0.15) is 0 Å². The van der Waals surface area contributed by atoms with Crippen LogP contribution in [-0.2, 0) is 0 Å². The van der Waals surface area contributed by atoms with Crippen LogP contribution in [0.25, 0.3) is 10.8 Å². The zero-order valence-electron chi connectivity index (χ0n) is 12.8. The Bertz CT molecular complexity index is 574. The Morgan fingerprint density at radius 2 is 1.60 bits per heavy atom. The number of hydrogen-bond donors (Lipinski definition) is 1. The minimum Gasteiger partial charge on any atom is -0.316 e. The fraction of sp³-hybridized carbons (Fsp3) is 0.474. The van der Waals surface area contributed by atoms with Crippen molar-refractivity contribution >= 4 is 10.8 Å². The number of fused-ring (bicyclic) bond motifs is 1. The van der Waals surface area contributed by atoms with Crippen LogP contribution in [0.5, 0.6) is 0 Å². The summed E-state index contributed by atoms with van der Waals surface area (Å²) >= 11 is 0. The molecule has 20 heavy (non-hydrogen) atoms. The number of piperidine rings is 1. The minimum absolute atomic E-state index is 0.619. The SMILES string of the molecule is CC1CNCC(C)C1C(C)c1cccc2ccccc12. The normalized spacial score (nSPS) is 28.4. The van der Waals surface area contributed by atoms with E-state index in [1.807, 2.05) is 0 Å². The highest BCUT2D eigenvalue weighted by Crippen LogP contribution is 2.39. The van der Waals surface area contributed by atoms with E-state index < -0.39 is 0 Å². The second-order valence-corrected chi connectivity index (χ2v) is 6.55. The van der Waals surface area contributed by atoms with Crippen molar-refractivity contribution < 1.29 is 0 Å². The standard InChI is InChI=1S/C19H25N/c1-13-11-20-12-14(2)19(13)15(3)17-10-6-8-16-7-4-5-9-18(16)17/h4-10,13-15,19-20H,11-12H2,1-3H3. The summed E-state index contributed by atoms with van der Waals surface area (Å²) < 4.78 is 0. The molecule has 3 rings (SSSR count). The summed E-state index contributed by atoms with van der Waals surface area (Å²) in [6, 6.07) is 15.6. The third-order valence-corrected chi connectivity index (χ3v) is 5.14. The van der Waals surface area contributed by atoms with Gasteiger partial charge in [-0.25, -0.2) is 0 Å². The average molecular weight is 267 g/mol. The number of hydrogen-bond acceptors (Lipinski definition) is 1. The van der Waals surface area contributed by atoms with Gasteiger partial charge in [0.25, 0.3) is 0 Å². The highest BCUT2D eigenvalue weighted by Gasteiger charge is 2.33. The lowest BCUT2D eigenvalue weighted by Gasteiger charge is -2.39. The Kier molecular flexibility index (Phi) is 3.80. The van der Waals surface area contributed by atoms with Crippen LogP contribution in [0, 0.1) is 17.8 Å². The predicted molar refractivity (Wildman–Crippen MR) is 87.1 cm³/mol. The van der Waals surface area contributed by atoms with Crippen molar-refractivity contribution in [3.63, 3.8) is 0 Å². The van der Waals surface area contributed by atoms with E-state index in [9.17, 15) is 0 Å². The van der Waals surface area contributed by atoms with Crippen molar-refractivity contribution in [3.05, 3.63) is 48.0 Å². The van der Waals surface area contributed by atoms with Crippen LogP contribution < -0.4 is 5.32 Å². The first-order chi connectivity index (χ1) is 9.68. The number of nitrogens with one attached hydrogen (secondary N) is 1. The second-order valence-electron chi connectivity index (χ2n) is 6.55. The van der Waals surface area contributed by atoms with Crippen LogP contribution >= 0.6 is 0 Å². The number of rotatable bonds is 2. The molecule has 2 aromatic carbocycles. The summed E-state index contributed by atoms with van der Waals surface area (Å²) in [5.74, 6) is 2.87. The Morgan fingerprint density at radius 3 is 2.35 bits per heavy atom. The van der Waals surface area contributed by atoms with E-state index in [4.69, 9.17) is 0 Å². The summed E-state index contributed by atoms with van der Waals surface area (Å²) in [5.41, 5.74) is 1.52. The van der Waals surface area contributed by atoms with Crippen molar-refractivity contribution in [1.82, 2.24) is 5.32 Å². The van der Waals surface area contributed by atoms with E-state index in [2.05, 4.69) is 68.6 Å². The molecular formula is C19H25N. The fourth-order valence-electron chi connectivity index (χ4n) is 4.21. The molecule has 1 aliphatic heterocycles. The van der Waals surface area contributed by atoms with Gasteiger partial charge in [-0.05, 0) is 53.1 Å². The van der Waals surface area contributed by atoms with Crippen molar-refractivity contribution in [2.24, 2.45) is 17.8 Å². The Labute approximate surface area is 122 Å². The van der Waals surface area contributed by atoms with Gasteiger partial charge in [-0.3, -0.25) is 0 Å². The molecular weight excluding hydrogens is 242 g/mol. The first kappa shape index (κ1) is 13.6.